The van der Waals surface area contributed by atoms with Crippen molar-refractivity contribution in [2.45, 2.75) is 63.5 Å². The van der Waals surface area contributed by atoms with Crippen molar-refractivity contribution in [1.82, 2.24) is 5.32 Å². The van der Waals surface area contributed by atoms with E-state index in [1.165, 1.54) is 44.9 Å². The zero-order chi connectivity index (χ0) is 11.2. The molecule has 0 aromatic carbocycles. The van der Waals surface area contributed by atoms with E-state index in [9.17, 15) is 0 Å². The van der Waals surface area contributed by atoms with Crippen molar-refractivity contribution in [3.8, 4) is 0 Å². The monoisotopic (exact) mass is 222 g/mol. The average molecular weight is 222 g/mol. The first kappa shape index (κ1) is 11.0. The summed E-state index contributed by atoms with van der Waals surface area (Å²) < 4.78 is 0. The zero-order valence-electron chi connectivity index (χ0n) is 10.5. The van der Waals surface area contributed by atoms with Crippen LogP contribution >= 0.6 is 0 Å². The quantitative estimate of drug-likeness (QED) is 0.769. The zero-order valence-corrected chi connectivity index (χ0v) is 10.5. The molecule has 3 N–H and O–H groups in total. The highest BCUT2D eigenvalue weighted by atomic mass is 15.1. The van der Waals surface area contributed by atoms with E-state index in [1.54, 1.807) is 0 Å². The SMILES string of the molecule is CC1CCC(NC2(CN)CC3CCC2C3)C1. The Labute approximate surface area is 99.4 Å². The van der Waals surface area contributed by atoms with Gasteiger partial charge in [-0.2, -0.15) is 0 Å². The largest absolute Gasteiger partial charge is 0.329 e. The van der Waals surface area contributed by atoms with E-state index < -0.39 is 0 Å². The predicted octanol–water partition coefficient (Wildman–Crippen LogP) is 2.28. The first-order valence-electron chi connectivity index (χ1n) is 7.19. The van der Waals surface area contributed by atoms with Gasteiger partial charge in [0.25, 0.3) is 0 Å². The fourth-order valence-corrected chi connectivity index (χ4v) is 4.67. The van der Waals surface area contributed by atoms with Crippen molar-refractivity contribution < 1.29 is 0 Å². The maximum absolute atomic E-state index is 6.11. The fourth-order valence-electron chi connectivity index (χ4n) is 4.67. The highest BCUT2D eigenvalue weighted by Crippen LogP contribution is 2.51. The molecule has 16 heavy (non-hydrogen) atoms. The second-order valence-corrected chi connectivity index (χ2v) is 6.70. The number of hydrogen-bond donors (Lipinski definition) is 2. The van der Waals surface area contributed by atoms with Crippen LogP contribution in [0.1, 0.15) is 51.9 Å². The first-order valence-corrected chi connectivity index (χ1v) is 7.19. The molecule has 3 saturated carbocycles. The van der Waals surface area contributed by atoms with E-state index in [0.29, 0.717) is 5.54 Å². The summed E-state index contributed by atoms with van der Waals surface area (Å²) in [6, 6.07) is 0.762. The molecule has 3 fully saturated rings. The average Bonchev–Trinajstić information content (AvgIpc) is 2.94. The second-order valence-electron chi connectivity index (χ2n) is 6.70. The van der Waals surface area contributed by atoms with Crippen LogP contribution in [0.25, 0.3) is 0 Å². The van der Waals surface area contributed by atoms with Crippen LogP contribution in [0.2, 0.25) is 0 Å². The summed E-state index contributed by atoms with van der Waals surface area (Å²) in [5.41, 5.74) is 6.44. The lowest BCUT2D eigenvalue weighted by molar-refractivity contribution is 0.192. The lowest BCUT2D eigenvalue weighted by Crippen LogP contribution is -2.57. The lowest BCUT2D eigenvalue weighted by atomic mass is 9.80. The topological polar surface area (TPSA) is 38.0 Å². The number of rotatable bonds is 3. The molecule has 0 amide bonds. The molecule has 0 radical (unpaired) electrons. The van der Waals surface area contributed by atoms with Gasteiger partial charge in [0.1, 0.15) is 0 Å². The number of fused-ring (bicyclic) bond motifs is 2. The molecule has 5 unspecified atom stereocenters. The molecule has 0 saturated heterocycles. The number of nitrogens with one attached hydrogen (secondary N) is 1. The fraction of sp³-hybridized carbons (Fsp3) is 1.00. The third-order valence-corrected chi connectivity index (χ3v) is 5.53. The standard InChI is InChI=1S/C14H26N2/c1-10-2-5-13(6-10)16-14(9-15)8-11-3-4-12(14)7-11/h10-13,16H,2-9,15H2,1H3. The maximum Gasteiger partial charge on any atom is 0.0337 e. The van der Waals surface area contributed by atoms with Gasteiger partial charge in [0, 0.05) is 18.1 Å². The van der Waals surface area contributed by atoms with Crippen LogP contribution < -0.4 is 11.1 Å². The maximum atomic E-state index is 6.11. The van der Waals surface area contributed by atoms with Gasteiger partial charge in [-0.25, -0.2) is 0 Å². The molecule has 2 bridgehead atoms. The molecular weight excluding hydrogens is 196 g/mol. The molecule has 3 rings (SSSR count). The summed E-state index contributed by atoms with van der Waals surface area (Å²) >= 11 is 0. The molecule has 0 aromatic rings. The highest BCUT2D eigenvalue weighted by molar-refractivity contribution is 5.08. The molecule has 3 aliphatic carbocycles. The molecule has 2 nitrogen and oxygen atoms in total. The Morgan fingerprint density at radius 3 is 2.56 bits per heavy atom. The van der Waals surface area contributed by atoms with E-state index in [1.807, 2.05) is 0 Å². The van der Waals surface area contributed by atoms with Crippen LogP contribution in [-0.4, -0.2) is 18.1 Å². The second kappa shape index (κ2) is 3.99. The van der Waals surface area contributed by atoms with E-state index >= 15 is 0 Å². The molecule has 0 aliphatic heterocycles. The van der Waals surface area contributed by atoms with Gasteiger partial charge in [-0.3, -0.25) is 0 Å². The third-order valence-electron chi connectivity index (χ3n) is 5.53. The van der Waals surface area contributed by atoms with Gasteiger partial charge in [-0.15, -0.1) is 0 Å². The van der Waals surface area contributed by atoms with Gasteiger partial charge in [0.05, 0.1) is 0 Å². The minimum Gasteiger partial charge on any atom is -0.329 e. The van der Waals surface area contributed by atoms with Crippen LogP contribution in [0.5, 0.6) is 0 Å². The summed E-state index contributed by atoms with van der Waals surface area (Å²) in [5, 5.41) is 3.98. The van der Waals surface area contributed by atoms with Crippen LogP contribution in [0.3, 0.4) is 0 Å². The van der Waals surface area contributed by atoms with Crippen molar-refractivity contribution in [1.29, 1.82) is 0 Å². The molecule has 2 heteroatoms. The van der Waals surface area contributed by atoms with Gasteiger partial charge in [-0.05, 0) is 56.3 Å². The smallest absolute Gasteiger partial charge is 0.0337 e. The molecule has 92 valence electrons. The van der Waals surface area contributed by atoms with Crippen LogP contribution in [0.15, 0.2) is 0 Å². The van der Waals surface area contributed by atoms with Crippen molar-refractivity contribution in [2.24, 2.45) is 23.5 Å². The van der Waals surface area contributed by atoms with E-state index in [0.717, 1.165) is 30.3 Å². The van der Waals surface area contributed by atoms with Crippen molar-refractivity contribution in [2.75, 3.05) is 6.54 Å². The third kappa shape index (κ3) is 1.70. The summed E-state index contributed by atoms with van der Waals surface area (Å²) in [4.78, 5) is 0. The number of hydrogen-bond acceptors (Lipinski definition) is 2. The van der Waals surface area contributed by atoms with Crippen LogP contribution in [0, 0.1) is 17.8 Å². The van der Waals surface area contributed by atoms with Gasteiger partial charge >= 0.3 is 0 Å². The van der Waals surface area contributed by atoms with E-state index in [-0.39, 0.29) is 0 Å². The predicted molar refractivity (Wildman–Crippen MR) is 67.2 cm³/mol. The first-order chi connectivity index (χ1) is 7.72. The summed E-state index contributed by atoms with van der Waals surface area (Å²) in [6.07, 6.45) is 9.86. The van der Waals surface area contributed by atoms with Gasteiger partial charge in [-0.1, -0.05) is 13.3 Å². The van der Waals surface area contributed by atoms with Crippen LogP contribution in [-0.2, 0) is 0 Å². The van der Waals surface area contributed by atoms with Crippen molar-refractivity contribution in [3.05, 3.63) is 0 Å². The molecule has 3 aliphatic rings. The summed E-state index contributed by atoms with van der Waals surface area (Å²) in [7, 11) is 0. The van der Waals surface area contributed by atoms with Crippen LogP contribution in [0.4, 0.5) is 0 Å². The Bertz CT molecular complexity index is 265. The Morgan fingerprint density at radius 1 is 1.19 bits per heavy atom. The normalized spacial score (nSPS) is 51.4. The summed E-state index contributed by atoms with van der Waals surface area (Å²) in [6.45, 7) is 3.25. The van der Waals surface area contributed by atoms with Gasteiger partial charge in [0.15, 0.2) is 0 Å². The molecule has 5 atom stereocenters. The van der Waals surface area contributed by atoms with Gasteiger partial charge in [0.2, 0.25) is 0 Å². The number of nitrogens with two attached hydrogens (primary N) is 1. The minimum atomic E-state index is 0.331. The van der Waals surface area contributed by atoms with Gasteiger partial charge < -0.3 is 11.1 Å². The Kier molecular flexibility index (Phi) is 2.75. The lowest BCUT2D eigenvalue weighted by Gasteiger charge is -2.40. The molecule has 0 heterocycles. The molecular formula is C14H26N2. The van der Waals surface area contributed by atoms with E-state index in [4.69, 9.17) is 5.73 Å². The van der Waals surface area contributed by atoms with Crippen molar-refractivity contribution >= 4 is 0 Å². The molecule has 0 spiro atoms. The highest BCUT2D eigenvalue weighted by Gasteiger charge is 2.50. The molecule has 0 aromatic heterocycles. The Balaban J connectivity index is 1.67. The van der Waals surface area contributed by atoms with E-state index in [2.05, 4.69) is 12.2 Å². The van der Waals surface area contributed by atoms with Crippen molar-refractivity contribution in [3.63, 3.8) is 0 Å². The Hall–Kier alpha value is -0.0800. The summed E-state index contributed by atoms with van der Waals surface area (Å²) in [5.74, 6) is 2.80. The Morgan fingerprint density at radius 2 is 2.06 bits per heavy atom. The minimum absolute atomic E-state index is 0.331.